The minimum atomic E-state index is -1.37. The molecular weight excluding hydrogens is 351 g/mol. The molecule has 0 atom stereocenters. The van der Waals surface area contributed by atoms with E-state index in [0.29, 0.717) is 11.0 Å². The summed E-state index contributed by atoms with van der Waals surface area (Å²) in [5.74, 6) is -4.01. The molecule has 2 N–H and O–H groups in total. The Kier molecular flexibility index (Phi) is 3.53. The number of rotatable bonds is 2. The van der Waals surface area contributed by atoms with E-state index < -0.39 is 28.5 Å². The predicted molar refractivity (Wildman–Crippen MR) is 90.2 cm³/mol. The van der Waals surface area contributed by atoms with Gasteiger partial charge in [-0.1, -0.05) is 23.9 Å². The predicted octanol–water partition coefficient (Wildman–Crippen LogP) is 3.69. The van der Waals surface area contributed by atoms with Gasteiger partial charge in [0.15, 0.2) is 22.6 Å². The number of aromatic nitrogens is 4. The number of anilines is 1. The van der Waals surface area contributed by atoms with Gasteiger partial charge < -0.3 is 5.73 Å². The number of nitrogen functional groups attached to an aromatic ring is 1. The van der Waals surface area contributed by atoms with E-state index in [1.165, 1.54) is 6.33 Å². The number of nitrogens with zero attached hydrogens (tertiary/aromatic N) is 4. The lowest BCUT2D eigenvalue weighted by molar-refractivity contribution is 0.499. The van der Waals surface area contributed by atoms with Crippen LogP contribution in [0.3, 0.4) is 0 Å². The standard InChI is InChI=1S/C16H10F3N5S/c1-25-16-22-13-9(15(20)23-16)10(17)11(18)14(12(13)19)24-6-21-7-4-2-3-5-8(7)24/h2-6H,1H3,(H2,20,22,23). The van der Waals surface area contributed by atoms with Crippen molar-refractivity contribution in [2.24, 2.45) is 0 Å². The number of hydrogen-bond acceptors (Lipinski definition) is 5. The maximum absolute atomic E-state index is 15.1. The number of benzene rings is 2. The van der Waals surface area contributed by atoms with Gasteiger partial charge in [-0.25, -0.2) is 28.1 Å². The quantitative estimate of drug-likeness (QED) is 0.335. The second kappa shape index (κ2) is 5.62. The molecule has 0 amide bonds. The molecule has 0 aliphatic heterocycles. The van der Waals surface area contributed by atoms with Gasteiger partial charge in [0, 0.05) is 0 Å². The average molecular weight is 361 g/mol. The smallest absolute Gasteiger partial charge is 0.189 e. The van der Waals surface area contributed by atoms with Crippen LogP contribution in [0, 0.1) is 17.5 Å². The van der Waals surface area contributed by atoms with Crippen molar-refractivity contribution in [1.29, 1.82) is 0 Å². The molecule has 5 nitrogen and oxygen atoms in total. The first-order chi connectivity index (χ1) is 12.0. The van der Waals surface area contributed by atoms with Crippen LogP contribution in [0.25, 0.3) is 27.6 Å². The van der Waals surface area contributed by atoms with Crippen LogP contribution in [0.15, 0.2) is 35.7 Å². The fraction of sp³-hybridized carbons (Fsp3) is 0.0625. The number of hydrogen-bond donors (Lipinski definition) is 1. The minimum Gasteiger partial charge on any atom is -0.383 e. The van der Waals surface area contributed by atoms with Gasteiger partial charge in [-0.15, -0.1) is 0 Å². The Morgan fingerprint density at radius 1 is 1.04 bits per heavy atom. The van der Waals surface area contributed by atoms with Crippen molar-refractivity contribution in [2.45, 2.75) is 5.16 Å². The maximum atomic E-state index is 15.1. The minimum absolute atomic E-state index is 0.163. The van der Waals surface area contributed by atoms with E-state index in [1.807, 2.05) is 0 Å². The average Bonchev–Trinajstić information content (AvgIpc) is 3.03. The van der Waals surface area contributed by atoms with Crippen molar-refractivity contribution in [3.8, 4) is 5.69 Å². The van der Waals surface area contributed by atoms with E-state index in [2.05, 4.69) is 15.0 Å². The van der Waals surface area contributed by atoms with Crippen LogP contribution in [0.4, 0.5) is 19.0 Å². The third kappa shape index (κ3) is 2.23. The summed E-state index contributed by atoms with van der Waals surface area (Å²) in [5, 5.41) is -0.308. The zero-order chi connectivity index (χ0) is 17.7. The Bertz CT molecular complexity index is 1140. The third-order valence-corrected chi connectivity index (χ3v) is 4.38. The molecule has 2 heterocycles. The van der Waals surface area contributed by atoms with Gasteiger partial charge in [-0.05, 0) is 18.4 Å². The van der Waals surface area contributed by atoms with Crippen LogP contribution >= 0.6 is 11.8 Å². The van der Waals surface area contributed by atoms with Gasteiger partial charge in [0.25, 0.3) is 0 Å². The first-order valence-corrected chi connectivity index (χ1v) is 8.35. The summed E-state index contributed by atoms with van der Waals surface area (Å²) in [7, 11) is 0. The highest BCUT2D eigenvalue weighted by molar-refractivity contribution is 7.98. The van der Waals surface area contributed by atoms with Crippen molar-refractivity contribution in [2.75, 3.05) is 12.0 Å². The van der Waals surface area contributed by atoms with Crippen LogP contribution in [0.5, 0.6) is 0 Å². The van der Waals surface area contributed by atoms with Crippen LogP contribution < -0.4 is 5.73 Å². The molecule has 0 bridgehead atoms. The maximum Gasteiger partial charge on any atom is 0.189 e. The first kappa shape index (κ1) is 15.7. The number of para-hydroxylation sites is 2. The highest BCUT2D eigenvalue weighted by atomic mass is 32.2. The molecule has 2 aromatic carbocycles. The molecule has 0 aliphatic carbocycles. The molecule has 0 saturated carbocycles. The van der Waals surface area contributed by atoms with Gasteiger partial charge in [-0.2, -0.15) is 0 Å². The molecular formula is C16H10F3N5S. The molecule has 0 aliphatic rings. The second-order valence-corrected chi connectivity index (χ2v) is 5.99. The zero-order valence-corrected chi connectivity index (χ0v) is 13.6. The van der Waals surface area contributed by atoms with Gasteiger partial charge in [0.2, 0.25) is 0 Å². The van der Waals surface area contributed by atoms with Gasteiger partial charge in [-0.3, -0.25) is 4.57 Å². The van der Waals surface area contributed by atoms with E-state index in [1.54, 1.807) is 30.5 Å². The fourth-order valence-corrected chi connectivity index (χ4v) is 3.07. The highest BCUT2D eigenvalue weighted by Gasteiger charge is 2.26. The van der Waals surface area contributed by atoms with Crippen LogP contribution in [-0.4, -0.2) is 25.8 Å². The van der Waals surface area contributed by atoms with Crippen LogP contribution in [0.2, 0.25) is 0 Å². The number of nitrogens with two attached hydrogens (primary N) is 1. The van der Waals surface area contributed by atoms with Crippen molar-refractivity contribution < 1.29 is 13.2 Å². The summed E-state index contributed by atoms with van der Waals surface area (Å²) < 4.78 is 45.5. The van der Waals surface area contributed by atoms with Crippen molar-refractivity contribution >= 4 is 39.5 Å². The summed E-state index contributed by atoms with van der Waals surface area (Å²) >= 11 is 1.12. The van der Waals surface area contributed by atoms with E-state index in [9.17, 15) is 8.78 Å². The van der Waals surface area contributed by atoms with Crippen LogP contribution in [-0.2, 0) is 0 Å². The topological polar surface area (TPSA) is 69.6 Å². The monoisotopic (exact) mass is 361 g/mol. The largest absolute Gasteiger partial charge is 0.383 e. The molecule has 0 spiro atoms. The van der Waals surface area contributed by atoms with Crippen molar-refractivity contribution in [3.63, 3.8) is 0 Å². The Balaban J connectivity index is 2.15. The van der Waals surface area contributed by atoms with Gasteiger partial charge >= 0.3 is 0 Å². The molecule has 0 unspecified atom stereocenters. The Labute approximate surface area is 143 Å². The van der Waals surface area contributed by atoms with E-state index in [0.717, 1.165) is 16.3 Å². The molecule has 4 aromatic rings. The molecule has 0 saturated heterocycles. The van der Waals surface area contributed by atoms with Gasteiger partial charge in [0.05, 0.1) is 16.4 Å². The summed E-state index contributed by atoms with van der Waals surface area (Å²) in [6, 6.07) is 6.75. The highest BCUT2D eigenvalue weighted by Crippen LogP contribution is 2.33. The molecule has 126 valence electrons. The van der Waals surface area contributed by atoms with E-state index in [-0.39, 0.29) is 16.5 Å². The lowest BCUT2D eigenvalue weighted by Crippen LogP contribution is -2.08. The van der Waals surface area contributed by atoms with E-state index >= 15 is 4.39 Å². The van der Waals surface area contributed by atoms with Crippen molar-refractivity contribution in [1.82, 2.24) is 19.5 Å². The second-order valence-electron chi connectivity index (χ2n) is 5.21. The number of thioether (sulfide) groups is 1. The lowest BCUT2D eigenvalue weighted by Gasteiger charge is -2.12. The van der Waals surface area contributed by atoms with Crippen LogP contribution in [0.1, 0.15) is 0 Å². The fourth-order valence-electron chi connectivity index (χ4n) is 2.69. The van der Waals surface area contributed by atoms with Gasteiger partial charge in [0.1, 0.15) is 23.3 Å². The van der Waals surface area contributed by atoms with E-state index in [4.69, 9.17) is 5.73 Å². The Morgan fingerprint density at radius 3 is 2.56 bits per heavy atom. The third-order valence-electron chi connectivity index (χ3n) is 3.83. The first-order valence-electron chi connectivity index (χ1n) is 7.13. The molecule has 0 radical (unpaired) electrons. The summed E-state index contributed by atoms with van der Waals surface area (Å²) in [5.41, 5.74) is 5.67. The lowest BCUT2D eigenvalue weighted by atomic mass is 10.1. The molecule has 0 fully saturated rings. The SMILES string of the molecule is CSc1nc(N)c2c(F)c(F)c(-n3cnc4ccccc43)c(F)c2n1. The number of imidazole rings is 1. The zero-order valence-electron chi connectivity index (χ0n) is 12.8. The number of fused-ring (bicyclic) bond motifs is 2. The molecule has 4 rings (SSSR count). The summed E-state index contributed by atoms with van der Waals surface area (Å²) in [4.78, 5) is 11.9. The Morgan fingerprint density at radius 2 is 1.80 bits per heavy atom. The Hall–Kier alpha value is -2.81. The molecule has 9 heteroatoms. The normalized spacial score (nSPS) is 11.5. The molecule has 25 heavy (non-hydrogen) atoms. The number of halogens is 3. The summed E-state index contributed by atoms with van der Waals surface area (Å²) in [6.45, 7) is 0. The summed E-state index contributed by atoms with van der Waals surface area (Å²) in [6.07, 6.45) is 2.90. The van der Waals surface area contributed by atoms with Crippen molar-refractivity contribution in [3.05, 3.63) is 48.0 Å². The molecule has 2 aromatic heterocycles.